The molecule has 1 aliphatic rings. The first kappa shape index (κ1) is 26.5. The van der Waals surface area contributed by atoms with E-state index in [4.69, 9.17) is 4.98 Å². The number of amides is 1. The number of aromatic amines is 1. The van der Waals surface area contributed by atoms with Crippen molar-refractivity contribution in [3.05, 3.63) is 85.3 Å². The van der Waals surface area contributed by atoms with E-state index in [0.29, 0.717) is 6.04 Å². The maximum atomic E-state index is 12.2. The number of anilines is 2. The van der Waals surface area contributed by atoms with Gasteiger partial charge in [0.15, 0.2) is 0 Å². The molecule has 2 aromatic carbocycles. The van der Waals surface area contributed by atoms with E-state index < -0.39 is 0 Å². The quantitative estimate of drug-likeness (QED) is 0.261. The molecule has 0 aliphatic carbocycles. The van der Waals surface area contributed by atoms with Gasteiger partial charge < -0.3 is 20.1 Å². The van der Waals surface area contributed by atoms with E-state index in [2.05, 4.69) is 82.1 Å². The van der Waals surface area contributed by atoms with Crippen molar-refractivity contribution in [3.8, 4) is 33.5 Å². The van der Waals surface area contributed by atoms with Gasteiger partial charge in [0.2, 0.25) is 5.91 Å². The van der Waals surface area contributed by atoms with Gasteiger partial charge in [-0.1, -0.05) is 30.8 Å². The standard InChI is InChI=1S/C33H35N7O/c1-6-30(41)36-29-16-24(8-7-21(29)2)31-28-15-25(26-18-35-39(5)20-26)17-34-33(28)37-32(31)23-9-11-27(12-10-23)40-14-13-38(4)22(3)19-40/h6-12,15-18,20,22H,1,13-14,19H2,2-5H3,(H,34,37)(H,36,41)/t22-/m0/s1. The summed E-state index contributed by atoms with van der Waals surface area (Å²) < 4.78 is 1.79. The van der Waals surface area contributed by atoms with Gasteiger partial charge in [0, 0.05) is 78.6 Å². The minimum absolute atomic E-state index is 0.237. The molecule has 1 fully saturated rings. The molecule has 8 nitrogen and oxygen atoms in total. The molecule has 1 saturated heterocycles. The van der Waals surface area contributed by atoms with Crippen molar-refractivity contribution in [2.45, 2.75) is 19.9 Å². The van der Waals surface area contributed by atoms with Gasteiger partial charge in [-0.15, -0.1) is 0 Å². The predicted octanol–water partition coefficient (Wildman–Crippen LogP) is 5.87. The van der Waals surface area contributed by atoms with Crippen LogP contribution in [0.25, 0.3) is 44.5 Å². The van der Waals surface area contributed by atoms with Crippen LogP contribution in [-0.4, -0.2) is 63.3 Å². The van der Waals surface area contributed by atoms with Crippen molar-refractivity contribution in [2.75, 3.05) is 36.9 Å². The third kappa shape index (κ3) is 5.14. The highest BCUT2D eigenvalue weighted by Crippen LogP contribution is 2.41. The molecular formula is C33H35N7O. The summed E-state index contributed by atoms with van der Waals surface area (Å²) in [5.41, 5.74) is 9.84. The van der Waals surface area contributed by atoms with E-state index in [-0.39, 0.29) is 5.91 Å². The molecule has 0 unspecified atom stereocenters. The van der Waals surface area contributed by atoms with Gasteiger partial charge >= 0.3 is 0 Å². The number of carbonyl (C=O) groups is 1. The van der Waals surface area contributed by atoms with Crippen LogP contribution in [0.3, 0.4) is 0 Å². The van der Waals surface area contributed by atoms with Crippen molar-refractivity contribution in [3.63, 3.8) is 0 Å². The number of fused-ring (bicyclic) bond motifs is 1. The normalized spacial score (nSPS) is 15.8. The van der Waals surface area contributed by atoms with Crippen molar-refractivity contribution in [1.29, 1.82) is 0 Å². The number of nitrogens with one attached hydrogen (secondary N) is 2. The number of carbonyl (C=O) groups excluding carboxylic acids is 1. The highest BCUT2D eigenvalue weighted by Gasteiger charge is 2.22. The van der Waals surface area contributed by atoms with Crippen LogP contribution in [0.4, 0.5) is 11.4 Å². The van der Waals surface area contributed by atoms with Crippen LogP contribution < -0.4 is 10.2 Å². The molecule has 0 spiro atoms. The Morgan fingerprint density at radius 3 is 2.51 bits per heavy atom. The van der Waals surface area contributed by atoms with Crippen molar-refractivity contribution >= 4 is 28.3 Å². The third-order valence-electron chi connectivity index (χ3n) is 8.14. The second-order valence-corrected chi connectivity index (χ2v) is 10.9. The first-order chi connectivity index (χ1) is 19.8. The Kier molecular flexibility index (Phi) is 6.93. The van der Waals surface area contributed by atoms with E-state index in [1.165, 1.54) is 11.8 Å². The number of benzene rings is 2. The number of piperazine rings is 1. The molecule has 208 valence electrons. The summed E-state index contributed by atoms with van der Waals surface area (Å²) in [5, 5.41) is 8.31. The van der Waals surface area contributed by atoms with Crippen LogP contribution in [-0.2, 0) is 11.8 Å². The van der Waals surface area contributed by atoms with Crippen LogP contribution in [0, 0.1) is 6.92 Å². The molecule has 2 N–H and O–H groups in total. The van der Waals surface area contributed by atoms with Gasteiger partial charge in [0.25, 0.3) is 0 Å². The Morgan fingerprint density at radius 2 is 1.80 bits per heavy atom. The predicted molar refractivity (Wildman–Crippen MR) is 167 cm³/mol. The third-order valence-corrected chi connectivity index (χ3v) is 8.14. The molecule has 8 heteroatoms. The molecule has 5 aromatic rings. The number of hydrogen-bond acceptors (Lipinski definition) is 5. The van der Waals surface area contributed by atoms with Gasteiger partial charge in [-0.25, -0.2) is 4.98 Å². The lowest BCUT2D eigenvalue weighted by molar-refractivity contribution is -0.111. The number of aryl methyl sites for hydroxylation is 2. The Hall–Kier alpha value is -4.69. The average molecular weight is 546 g/mol. The fourth-order valence-electron chi connectivity index (χ4n) is 5.53. The fourth-order valence-corrected chi connectivity index (χ4v) is 5.53. The summed E-state index contributed by atoms with van der Waals surface area (Å²) in [5.74, 6) is -0.237. The summed E-state index contributed by atoms with van der Waals surface area (Å²) in [6.45, 7) is 10.9. The number of likely N-dealkylation sites (N-methyl/N-ethyl adjacent to an activating group) is 1. The molecule has 3 aromatic heterocycles. The zero-order valence-electron chi connectivity index (χ0n) is 24.0. The Bertz CT molecular complexity index is 1750. The number of nitrogens with zero attached hydrogens (tertiary/aromatic N) is 5. The van der Waals surface area contributed by atoms with Crippen LogP contribution in [0.1, 0.15) is 12.5 Å². The van der Waals surface area contributed by atoms with E-state index in [1.807, 2.05) is 44.7 Å². The van der Waals surface area contributed by atoms with Crippen molar-refractivity contribution in [1.82, 2.24) is 24.6 Å². The average Bonchev–Trinajstić information content (AvgIpc) is 3.59. The van der Waals surface area contributed by atoms with Crippen molar-refractivity contribution < 1.29 is 4.79 Å². The SMILES string of the molecule is C=CC(=O)Nc1cc(-c2c(-c3ccc(N4CCN(C)[C@@H](C)C4)cc3)[nH]c3ncc(-c4cnn(C)c4)cc23)ccc1C. The van der Waals surface area contributed by atoms with Gasteiger partial charge in [-0.3, -0.25) is 9.48 Å². The highest BCUT2D eigenvalue weighted by molar-refractivity contribution is 6.05. The minimum Gasteiger partial charge on any atom is -0.369 e. The van der Waals surface area contributed by atoms with Gasteiger partial charge in [-0.2, -0.15) is 5.10 Å². The number of rotatable bonds is 6. The van der Waals surface area contributed by atoms with Gasteiger partial charge in [0.1, 0.15) is 5.65 Å². The molecule has 6 rings (SSSR count). The number of H-pyrrole nitrogens is 1. The van der Waals surface area contributed by atoms with Gasteiger partial charge in [0.05, 0.1) is 11.9 Å². The summed E-state index contributed by atoms with van der Waals surface area (Å²) in [4.78, 5) is 25.5. The molecule has 4 heterocycles. The topological polar surface area (TPSA) is 82.1 Å². The number of pyridine rings is 1. The van der Waals surface area contributed by atoms with Crippen LogP contribution in [0.5, 0.6) is 0 Å². The largest absolute Gasteiger partial charge is 0.369 e. The Morgan fingerprint density at radius 1 is 1.02 bits per heavy atom. The van der Waals surface area contributed by atoms with Crippen LogP contribution >= 0.6 is 0 Å². The highest BCUT2D eigenvalue weighted by atomic mass is 16.1. The van der Waals surface area contributed by atoms with E-state index in [1.54, 1.807) is 4.68 Å². The Labute approximate surface area is 240 Å². The summed E-state index contributed by atoms with van der Waals surface area (Å²) in [6.07, 6.45) is 7.01. The Balaban J connectivity index is 1.47. The smallest absolute Gasteiger partial charge is 0.247 e. The lowest BCUT2D eigenvalue weighted by Gasteiger charge is -2.39. The number of aromatic nitrogens is 4. The second kappa shape index (κ2) is 10.7. The zero-order chi connectivity index (χ0) is 28.7. The van der Waals surface area contributed by atoms with Crippen LogP contribution in [0.2, 0.25) is 0 Å². The van der Waals surface area contributed by atoms with E-state index in [0.717, 1.165) is 75.4 Å². The van der Waals surface area contributed by atoms with E-state index >= 15 is 0 Å². The molecule has 41 heavy (non-hydrogen) atoms. The lowest BCUT2D eigenvalue weighted by atomic mass is 9.96. The molecule has 1 atom stereocenters. The maximum absolute atomic E-state index is 12.2. The molecule has 0 saturated carbocycles. The minimum atomic E-state index is -0.237. The molecular weight excluding hydrogens is 510 g/mol. The first-order valence-corrected chi connectivity index (χ1v) is 13.9. The summed E-state index contributed by atoms with van der Waals surface area (Å²) >= 11 is 0. The molecule has 0 radical (unpaired) electrons. The van der Waals surface area contributed by atoms with Crippen molar-refractivity contribution in [2.24, 2.45) is 7.05 Å². The zero-order valence-corrected chi connectivity index (χ0v) is 24.0. The lowest BCUT2D eigenvalue weighted by Crippen LogP contribution is -2.50. The number of hydrogen-bond donors (Lipinski definition) is 2. The monoisotopic (exact) mass is 545 g/mol. The maximum Gasteiger partial charge on any atom is 0.247 e. The van der Waals surface area contributed by atoms with Gasteiger partial charge in [-0.05, 0) is 67.9 Å². The fraction of sp³-hybridized carbons (Fsp3) is 0.242. The molecule has 1 amide bonds. The summed E-state index contributed by atoms with van der Waals surface area (Å²) in [6, 6.07) is 17.6. The van der Waals surface area contributed by atoms with E-state index in [9.17, 15) is 4.79 Å². The van der Waals surface area contributed by atoms with Crippen LogP contribution in [0.15, 0.2) is 79.8 Å². The first-order valence-electron chi connectivity index (χ1n) is 13.9. The summed E-state index contributed by atoms with van der Waals surface area (Å²) in [7, 11) is 4.10. The second-order valence-electron chi connectivity index (χ2n) is 10.9. The molecule has 1 aliphatic heterocycles. The molecule has 0 bridgehead atoms.